The number of rotatable bonds is 3. The van der Waals surface area contributed by atoms with Gasteiger partial charge in [-0.15, -0.1) is 5.10 Å². The van der Waals surface area contributed by atoms with Gasteiger partial charge >= 0.3 is 6.09 Å². The van der Waals surface area contributed by atoms with Gasteiger partial charge in [0.05, 0.1) is 6.67 Å². The molecule has 0 unspecified atom stereocenters. The van der Waals surface area contributed by atoms with Crippen molar-refractivity contribution in [1.82, 2.24) is 19.6 Å². The summed E-state index contributed by atoms with van der Waals surface area (Å²) in [5.74, 6) is 0.533. The number of carbonyl (C=O) groups excluding carboxylic acids is 1. The minimum absolute atomic E-state index is 0.262. The Morgan fingerprint density at radius 2 is 1.89 bits per heavy atom. The van der Waals surface area contributed by atoms with E-state index in [0.717, 1.165) is 24.2 Å². The summed E-state index contributed by atoms with van der Waals surface area (Å²) in [5, 5.41) is 4.54. The Bertz CT molecular complexity index is 860. The molecule has 0 spiro atoms. The van der Waals surface area contributed by atoms with Gasteiger partial charge in [-0.1, -0.05) is 18.2 Å². The molecule has 146 valence electrons. The van der Waals surface area contributed by atoms with E-state index in [2.05, 4.69) is 10.00 Å². The van der Waals surface area contributed by atoms with Crippen LogP contribution in [0, 0.1) is 11.8 Å². The molecule has 2 aromatic rings. The molecule has 7 nitrogen and oxygen atoms in total. The molecule has 0 atom stereocenters. The second-order valence-electron chi connectivity index (χ2n) is 7.71. The number of benzene rings is 1. The van der Waals surface area contributed by atoms with Crippen LogP contribution in [0.2, 0.25) is 0 Å². The molecular weight excluding hydrogens is 364 g/mol. The van der Waals surface area contributed by atoms with Crippen LogP contribution in [0.1, 0.15) is 26.3 Å². The average molecular weight is 391 g/mol. The van der Waals surface area contributed by atoms with Crippen LogP contribution in [-0.2, 0) is 11.4 Å². The third-order valence-corrected chi connectivity index (χ3v) is 4.63. The highest BCUT2D eigenvalue weighted by molar-refractivity contribution is 7.71. The maximum atomic E-state index is 12.2. The summed E-state index contributed by atoms with van der Waals surface area (Å²) >= 11 is 5.33. The van der Waals surface area contributed by atoms with Crippen molar-refractivity contribution in [2.24, 2.45) is 0 Å². The molecule has 0 saturated carbocycles. The highest BCUT2D eigenvalue weighted by Crippen LogP contribution is 2.22. The van der Waals surface area contributed by atoms with E-state index in [4.69, 9.17) is 21.4 Å². The first-order chi connectivity index (χ1) is 12.7. The van der Waals surface area contributed by atoms with Crippen LogP contribution < -0.4 is 0 Å². The third kappa shape index (κ3) is 4.95. The van der Waals surface area contributed by atoms with Crippen molar-refractivity contribution in [2.75, 3.05) is 26.2 Å². The van der Waals surface area contributed by atoms with Crippen LogP contribution in [0.3, 0.4) is 0 Å². The van der Waals surface area contributed by atoms with Gasteiger partial charge in [-0.2, -0.15) is 0 Å². The first kappa shape index (κ1) is 19.6. The maximum absolute atomic E-state index is 12.2. The van der Waals surface area contributed by atoms with Gasteiger partial charge in [0.15, 0.2) is 0 Å². The van der Waals surface area contributed by atoms with Crippen LogP contribution in [0.15, 0.2) is 28.7 Å². The molecule has 1 aliphatic heterocycles. The van der Waals surface area contributed by atoms with Crippen molar-refractivity contribution in [3.05, 3.63) is 34.7 Å². The summed E-state index contributed by atoms with van der Waals surface area (Å²) in [6.45, 7) is 10.9. The fourth-order valence-corrected chi connectivity index (χ4v) is 3.08. The predicted octanol–water partition coefficient (Wildman–Crippen LogP) is 3.69. The molecule has 0 radical (unpaired) electrons. The molecule has 2 heterocycles. The lowest BCUT2D eigenvalue weighted by Gasteiger charge is -2.35. The van der Waals surface area contributed by atoms with Gasteiger partial charge in [0.1, 0.15) is 5.60 Å². The molecule has 1 amide bonds. The second-order valence-corrected chi connectivity index (χ2v) is 8.06. The maximum Gasteiger partial charge on any atom is 0.410 e. The quantitative estimate of drug-likeness (QED) is 0.745. The van der Waals surface area contributed by atoms with Crippen molar-refractivity contribution >= 4 is 18.3 Å². The SMILES string of the molecule is Cc1ccccc1-c1nn(CN2CCN(C(=O)OC(C)(C)C)CC2)c(=S)o1. The number of aromatic nitrogens is 2. The van der Waals surface area contributed by atoms with E-state index in [1.165, 1.54) is 0 Å². The van der Waals surface area contributed by atoms with Gasteiger partial charge in [0.2, 0.25) is 5.89 Å². The summed E-state index contributed by atoms with van der Waals surface area (Å²) in [6, 6.07) is 7.92. The van der Waals surface area contributed by atoms with Crippen molar-refractivity contribution in [3.63, 3.8) is 0 Å². The fourth-order valence-electron chi connectivity index (χ4n) is 2.91. The molecule has 0 N–H and O–H groups in total. The van der Waals surface area contributed by atoms with E-state index in [0.29, 0.717) is 30.5 Å². The van der Waals surface area contributed by atoms with Crippen molar-refractivity contribution in [2.45, 2.75) is 40.0 Å². The van der Waals surface area contributed by atoms with Crippen LogP contribution in [0.4, 0.5) is 4.79 Å². The Kier molecular flexibility index (Phi) is 5.67. The standard InChI is InChI=1S/C19H26N4O3S/c1-14-7-5-6-8-15(14)16-20-23(18(27)25-16)13-21-9-11-22(12-10-21)17(24)26-19(2,3)4/h5-8H,9-13H2,1-4H3. The summed E-state index contributed by atoms with van der Waals surface area (Å²) in [4.78, 5) is 16.4. The van der Waals surface area contributed by atoms with Gasteiger partial charge in [-0.3, -0.25) is 4.90 Å². The Morgan fingerprint density at radius 1 is 1.22 bits per heavy atom. The number of aryl methyl sites for hydroxylation is 1. The molecule has 1 aliphatic rings. The van der Waals surface area contributed by atoms with E-state index >= 15 is 0 Å². The first-order valence-corrected chi connectivity index (χ1v) is 9.48. The molecule has 3 rings (SSSR count). The van der Waals surface area contributed by atoms with Crippen LogP contribution in [0.5, 0.6) is 0 Å². The summed E-state index contributed by atoms with van der Waals surface area (Å²) in [6.07, 6.45) is -0.262. The second kappa shape index (κ2) is 7.82. The van der Waals surface area contributed by atoms with E-state index in [1.54, 1.807) is 9.58 Å². The molecule has 8 heteroatoms. The Labute approximate surface area is 164 Å². The predicted molar refractivity (Wildman–Crippen MR) is 105 cm³/mol. The van der Waals surface area contributed by atoms with Crippen molar-refractivity contribution < 1.29 is 13.9 Å². The number of nitrogens with zero attached hydrogens (tertiary/aromatic N) is 4. The zero-order valence-electron chi connectivity index (χ0n) is 16.3. The fraction of sp³-hybridized carbons (Fsp3) is 0.526. The van der Waals surface area contributed by atoms with Gasteiger partial charge in [-0.25, -0.2) is 9.48 Å². The van der Waals surface area contributed by atoms with Gasteiger partial charge in [0, 0.05) is 31.7 Å². The van der Waals surface area contributed by atoms with Gasteiger partial charge in [-0.05, 0) is 51.5 Å². The van der Waals surface area contributed by atoms with E-state index < -0.39 is 5.60 Å². The lowest BCUT2D eigenvalue weighted by Crippen LogP contribution is -2.50. The molecule has 0 aliphatic carbocycles. The summed E-state index contributed by atoms with van der Waals surface area (Å²) in [7, 11) is 0. The van der Waals surface area contributed by atoms with Crippen LogP contribution in [0.25, 0.3) is 11.5 Å². The number of hydrogen-bond donors (Lipinski definition) is 0. The molecular formula is C19H26N4O3S. The molecule has 1 aromatic heterocycles. The lowest BCUT2D eigenvalue weighted by atomic mass is 10.1. The molecule has 0 bridgehead atoms. The Morgan fingerprint density at radius 3 is 2.52 bits per heavy atom. The Hall–Kier alpha value is -2.19. The lowest BCUT2D eigenvalue weighted by molar-refractivity contribution is 0.0113. The normalized spacial score (nSPS) is 15.8. The summed E-state index contributed by atoms with van der Waals surface area (Å²) < 4.78 is 12.8. The smallest absolute Gasteiger partial charge is 0.410 e. The van der Waals surface area contributed by atoms with Crippen LogP contribution in [-0.4, -0.2) is 57.5 Å². The Balaban J connectivity index is 1.61. The van der Waals surface area contributed by atoms with Gasteiger partial charge < -0.3 is 14.1 Å². The van der Waals surface area contributed by atoms with Crippen LogP contribution >= 0.6 is 12.2 Å². The van der Waals surface area contributed by atoms with E-state index in [-0.39, 0.29) is 6.09 Å². The molecule has 1 saturated heterocycles. The molecule has 27 heavy (non-hydrogen) atoms. The van der Waals surface area contributed by atoms with Gasteiger partial charge in [0.25, 0.3) is 4.84 Å². The minimum Gasteiger partial charge on any atom is -0.444 e. The van der Waals surface area contributed by atoms with Crippen molar-refractivity contribution in [3.8, 4) is 11.5 Å². The highest BCUT2D eigenvalue weighted by Gasteiger charge is 2.26. The number of piperazine rings is 1. The molecule has 1 aromatic carbocycles. The molecule has 1 fully saturated rings. The van der Waals surface area contributed by atoms with E-state index in [1.807, 2.05) is 52.0 Å². The highest BCUT2D eigenvalue weighted by atomic mass is 32.1. The number of hydrogen-bond acceptors (Lipinski definition) is 6. The number of ether oxygens (including phenoxy) is 1. The third-order valence-electron chi connectivity index (χ3n) is 4.34. The van der Waals surface area contributed by atoms with Crippen molar-refractivity contribution in [1.29, 1.82) is 0 Å². The summed E-state index contributed by atoms with van der Waals surface area (Å²) in [5.41, 5.74) is 1.55. The number of amides is 1. The first-order valence-electron chi connectivity index (χ1n) is 9.07. The topological polar surface area (TPSA) is 63.7 Å². The zero-order chi connectivity index (χ0) is 19.6. The minimum atomic E-state index is -0.478. The average Bonchev–Trinajstić information content (AvgIpc) is 2.95. The number of carbonyl (C=O) groups is 1. The zero-order valence-corrected chi connectivity index (χ0v) is 17.1. The monoisotopic (exact) mass is 390 g/mol. The largest absolute Gasteiger partial charge is 0.444 e. The van der Waals surface area contributed by atoms with E-state index in [9.17, 15) is 4.79 Å².